The van der Waals surface area contributed by atoms with E-state index in [1.807, 2.05) is 72.8 Å². The van der Waals surface area contributed by atoms with Crippen LogP contribution < -0.4 is 5.32 Å². The van der Waals surface area contributed by atoms with E-state index in [2.05, 4.69) is 10.4 Å². The highest BCUT2D eigenvalue weighted by atomic mass is 16.4. The van der Waals surface area contributed by atoms with Gasteiger partial charge in [-0.3, -0.25) is 14.4 Å². The van der Waals surface area contributed by atoms with Crippen LogP contribution in [0.3, 0.4) is 0 Å². The number of benzene rings is 3. The summed E-state index contributed by atoms with van der Waals surface area (Å²) >= 11 is 0. The molecule has 2 atom stereocenters. The third-order valence-corrected chi connectivity index (χ3v) is 9.23. The summed E-state index contributed by atoms with van der Waals surface area (Å²) < 4.78 is 0. The summed E-state index contributed by atoms with van der Waals surface area (Å²) in [6.45, 7) is 2.16. The van der Waals surface area contributed by atoms with Crippen molar-refractivity contribution < 1.29 is 19.5 Å². The van der Waals surface area contributed by atoms with Gasteiger partial charge in [-0.15, -0.1) is 0 Å². The van der Waals surface area contributed by atoms with E-state index in [4.69, 9.17) is 0 Å². The summed E-state index contributed by atoms with van der Waals surface area (Å²) in [6.07, 6.45) is 6.17. The fourth-order valence-corrected chi connectivity index (χ4v) is 6.85. The van der Waals surface area contributed by atoms with Gasteiger partial charge in [-0.1, -0.05) is 79.6 Å². The third kappa shape index (κ3) is 5.60. The van der Waals surface area contributed by atoms with Crippen LogP contribution in [0.2, 0.25) is 0 Å². The smallest absolute Gasteiger partial charge is 0.310 e. The molecule has 2 aliphatic carbocycles. The zero-order chi connectivity index (χ0) is 29.3. The number of hydrazone groups is 1. The van der Waals surface area contributed by atoms with Crippen LogP contribution in [0.4, 0.5) is 5.69 Å². The van der Waals surface area contributed by atoms with E-state index >= 15 is 0 Å². The van der Waals surface area contributed by atoms with Gasteiger partial charge in [0.15, 0.2) is 0 Å². The highest BCUT2D eigenvalue weighted by Crippen LogP contribution is 2.42. The first-order chi connectivity index (χ1) is 20.3. The number of rotatable bonds is 8. The van der Waals surface area contributed by atoms with Gasteiger partial charge < -0.3 is 10.4 Å². The Bertz CT molecular complexity index is 1530. The van der Waals surface area contributed by atoms with Gasteiger partial charge >= 0.3 is 5.97 Å². The normalized spacial score (nSPS) is 21.1. The Hall–Kier alpha value is -4.26. The van der Waals surface area contributed by atoms with Crippen molar-refractivity contribution in [3.8, 4) is 0 Å². The van der Waals surface area contributed by atoms with Gasteiger partial charge in [-0.25, -0.2) is 5.01 Å². The highest BCUT2D eigenvalue weighted by molar-refractivity contribution is 6.04. The molecule has 0 aromatic heterocycles. The molecule has 3 aliphatic rings. The number of fused-ring (bicyclic) bond motifs is 1. The van der Waals surface area contributed by atoms with E-state index in [0.717, 1.165) is 64.9 Å². The molecule has 2 N–H and O–H groups in total. The first kappa shape index (κ1) is 27.9. The maximum absolute atomic E-state index is 13.9. The standard InChI is InChI=1S/C35H37N3O4/c1-35(34(41)42)20-27-12-7-13-30(28(27)21-35)36-33(40)32(25-10-5-6-11-25)26-16-14-23(15-17-26)22-38-31(39)19-18-29(37-38)24-8-3-2-4-9-24/h2-4,7-9,12-17,25,32H,5-6,10-11,18-22H2,1H3,(H,36,40)(H,41,42). The quantitative estimate of drug-likeness (QED) is 0.335. The van der Waals surface area contributed by atoms with Crippen molar-refractivity contribution in [2.45, 2.75) is 70.8 Å². The van der Waals surface area contributed by atoms with Crippen LogP contribution in [0.1, 0.15) is 79.2 Å². The van der Waals surface area contributed by atoms with Gasteiger partial charge in [0.1, 0.15) is 0 Å². The molecule has 1 fully saturated rings. The molecule has 0 bridgehead atoms. The van der Waals surface area contributed by atoms with Crippen LogP contribution in [-0.2, 0) is 33.8 Å². The lowest BCUT2D eigenvalue weighted by Crippen LogP contribution is -2.31. The lowest BCUT2D eigenvalue weighted by atomic mass is 9.83. The summed E-state index contributed by atoms with van der Waals surface area (Å²) in [6, 6.07) is 23.8. The molecule has 7 heteroatoms. The fourth-order valence-electron chi connectivity index (χ4n) is 6.85. The second-order valence-corrected chi connectivity index (χ2v) is 12.3. The number of hydrogen-bond acceptors (Lipinski definition) is 4. The largest absolute Gasteiger partial charge is 0.481 e. The van der Waals surface area contributed by atoms with E-state index in [-0.39, 0.29) is 23.7 Å². The Kier molecular flexibility index (Phi) is 7.67. The zero-order valence-corrected chi connectivity index (χ0v) is 24.0. The monoisotopic (exact) mass is 563 g/mol. The second kappa shape index (κ2) is 11.6. The maximum atomic E-state index is 13.9. The minimum absolute atomic E-state index is 0.0105. The summed E-state index contributed by atoms with van der Waals surface area (Å²) in [5, 5.41) is 19.2. The minimum Gasteiger partial charge on any atom is -0.481 e. The SMILES string of the molecule is CC1(C(=O)O)Cc2cccc(NC(=O)C(c3ccc(CN4N=C(c5ccccc5)CCC4=O)cc3)C3CCCC3)c2C1. The average Bonchev–Trinajstić information content (AvgIpc) is 3.64. The number of aliphatic carboxylic acids is 1. The van der Waals surface area contributed by atoms with Gasteiger partial charge in [0.2, 0.25) is 11.8 Å². The number of carboxylic acid groups (broad SMARTS) is 1. The molecule has 6 rings (SSSR count). The molecule has 42 heavy (non-hydrogen) atoms. The first-order valence-corrected chi connectivity index (χ1v) is 15.0. The van der Waals surface area contributed by atoms with Crippen LogP contribution >= 0.6 is 0 Å². The lowest BCUT2D eigenvalue weighted by Gasteiger charge is -2.25. The minimum atomic E-state index is -0.856. The van der Waals surface area contributed by atoms with Crippen molar-refractivity contribution in [3.63, 3.8) is 0 Å². The number of hydrogen-bond donors (Lipinski definition) is 2. The predicted octanol–water partition coefficient (Wildman–Crippen LogP) is 6.32. The van der Waals surface area contributed by atoms with Gasteiger partial charge in [0, 0.05) is 18.5 Å². The number of anilines is 1. The molecule has 0 radical (unpaired) electrons. The van der Waals surface area contributed by atoms with E-state index < -0.39 is 11.4 Å². The van der Waals surface area contributed by atoms with Crippen molar-refractivity contribution >= 4 is 29.2 Å². The molecule has 2 amide bonds. The molecule has 216 valence electrons. The van der Waals surface area contributed by atoms with Crippen molar-refractivity contribution in [2.24, 2.45) is 16.4 Å². The van der Waals surface area contributed by atoms with E-state index in [0.29, 0.717) is 32.2 Å². The van der Waals surface area contributed by atoms with Crippen molar-refractivity contribution in [3.05, 3.63) is 101 Å². The third-order valence-electron chi connectivity index (χ3n) is 9.23. The van der Waals surface area contributed by atoms with Crippen LogP contribution in [0.25, 0.3) is 0 Å². The number of nitrogens with one attached hydrogen (secondary N) is 1. The van der Waals surface area contributed by atoms with Crippen LogP contribution in [0.15, 0.2) is 77.9 Å². The molecule has 1 aliphatic heterocycles. The Balaban J connectivity index is 1.21. The molecular formula is C35H37N3O4. The number of carbonyl (C=O) groups excluding carboxylic acids is 2. The molecule has 3 aromatic rings. The topological polar surface area (TPSA) is 99.1 Å². The van der Waals surface area contributed by atoms with E-state index in [1.54, 1.807) is 11.9 Å². The molecule has 3 aromatic carbocycles. The molecule has 1 heterocycles. The van der Waals surface area contributed by atoms with Crippen molar-refractivity contribution in [2.75, 3.05) is 5.32 Å². The average molecular weight is 564 g/mol. The molecule has 7 nitrogen and oxygen atoms in total. The zero-order valence-electron chi connectivity index (χ0n) is 24.0. The van der Waals surface area contributed by atoms with E-state index in [1.165, 1.54) is 0 Å². The molecule has 1 saturated carbocycles. The summed E-state index contributed by atoms with van der Waals surface area (Å²) in [4.78, 5) is 38.5. The summed E-state index contributed by atoms with van der Waals surface area (Å²) in [5.74, 6) is -0.901. The Morgan fingerprint density at radius 2 is 1.71 bits per heavy atom. The molecule has 2 unspecified atom stereocenters. The van der Waals surface area contributed by atoms with Gasteiger partial charge in [-0.05, 0) is 72.4 Å². The van der Waals surface area contributed by atoms with Crippen molar-refractivity contribution in [1.82, 2.24) is 5.01 Å². The highest BCUT2D eigenvalue weighted by Gasteiger charge is 2.41. The maximum Gasteiger partial charge on any atom is 0.310 e. The number of amides is 2. The Morgan fingerprint density at radius 3 is 2.43 bits per heavy atom. The predicted molar refractivity (Wildman–Crippen MR) is 162 cm³/mol. The number of carboxylic acids is 1. The van der Waals surface area contributed by atoms with Gasteiger partial charge in [-0.2, -0.15) is 5.10 Å². The van der Waals surface area contributed by atoms with Crippen LogP contribution in [0, 0.1) is 11.3 Å². The Labute approximate surface area is 246 Å². The van der Waals surface area contributed by atoms with Crippen LogP contribution in [-0.4, -0.2) is 33.6 Å². The van der Waals surface area contributed by atoms with Gasteiger partial charge in [0.05, 0.1) is 23.6 Å². The molecule has 0 spiro atoms. The van der Waals surface area contributed by atoms with Crippen molar-refractivity contribution in [1.29, 1.82) is 0 Å². The second-order valence-electron chi connectivity index (χ2n) is 12.3. The number of nitrogens with zero attached hydrogens (tertiary/aromatic N) is 2. The molecule has 0 saturated heterocycles. The Morgan fingerprint density at radius 1 is 0.976 bits per heavy atom. The fraction of sp³-hybridized carbons (Fsp3) is 0.371. The van der Waals surface area contributed by atoms with E-state index in [9.17, 15) is 19.5 Å². The van der Waals surface area contributed by atoms with Crippen LogP contribution in [0.5, 0.6) is 0 Å². The first-order valence-electron chi connectivity index (χ1n) is 15.0. The van der Waals surface area contributed by atoms with Gasteiger partial charge in [0.25, 0.3) is 0 Å². The molecular weight excluding hydrogens is 526 g/mol. The number of carbonyl (C=O) groups is 3. The summed E-state index contributed by atoms with van der Waals surface area (Å²) in [7, 11) is 0. The lowest BCUT2D eigenvalue weighted by molar-refractivity contribution is -0.147. The summed E-state index contributed by atoms with van der Waals surface area (Å²) in [5.41, 5.74) is 5.66.